The fourth-order valence-electron chi connectivity index (χ4n) is 3.26. The third-order valence-corrected chi connectivity index (χ3v) is 4.83. The van der Waals surface area contributed by atoms with E-state index in [0.717, 1.165) is 6.42 Å². The first-order valence-corrected chi connectivity index (χ1v) is 8.89. The number of hydrogen-bond acceptors (Lipinski definition) is 3. The fraction of sp³-hybridized carbons (Fsp3) is 0.684. The van der Waals surface area contributed by atoms with Crippen molar-refractivity contribution >= 4 is 0 Å². The Bertz CT molecular complexity index is 432. The summed E-state index contributed by atoms with van der Waals surface area (Å²) in [5, 5.41) is 12.8. The summed E-state index contributed by atoms with van der Waals surface area (Å²) in [7, 11) is 0. The Balaban J connectivity index is 1.74. The maximum atomic E-state index is 9.34. The standard InChI is InChI=1S/C19H32N2O/c1-2-3-4-5-6-7-8-16-9-11-17(12-10-16)18-13-19(20,15-22)14-21-18/h9-12,18,21-22H,2-8,13-15,20H2,1H3. The molecule has 0 aliphatic carbocycles. The summed E-state index contributed by atoms with van der Waals surface area (Å²) in [5.41, 5.74) is 8.38. The van der Waals surface area contributed by atoms with Gasteiger partial charge in [0.1, 0.15) is 0 Å². The molecule has 124 valence electrons. The SMILES string of the molecule is CCCCCCCCc1ccc(C2CC(N)(CO)CN2)cc1. The van der Waals surface area contributed by atoms with Crippen molar-refractivity contribution in [2.75, 3.05) is 13.2 Å². The lowest BCUT2D eigenvalue weighted by Crippen LogP contribution is -2.45. The van der Waals surface area contributed by atoms with E-state index in [1.54, 1.807) is 0 Å². The average Bonchev–Trinajstić information content (AvgIpc) is 2.94. The van der Waals surface area contributed by atoms with Gasteiger partial charge in [0.15, 0.2) is 0 Å². The molecule has 1 saturated heterocycles. The van der Waals surface area contributed by atoms with Crippen molar-refractivity contribution < 1.29 is 5.11 Å². The lowest BCUT2D eigenvalue weighted by molar-refractivity contribution is 0.206. The van der Waals surface area contributed by atoms with Crippen LogP contribution in [0.5, 0.6) is 0 Å². The molecule has 3 heteroatoms. The van der Waals surface area contributed by atoms with Gasteiger partial charge >= 0.3 is 0 Å². The number of rotatable bonds is 9. The van der Waals surface area contributed by atoms with E-state index >= 15 is 0 Å². The van der Waals surface area contributed by atoms with Crippen molar-refractivity contribution in [1.82, 2.24) is 5.32 Å². The molecule has 0 bridgehead atoms. The number of nitrogens with two attached hydrogens (primary N) is 1. The van der Waals surface area contributed by atoms with Gasteiger partial charge in [0.2, 0.25) is 0 Å². The van der Waals surface area contributed by atoms with Crippen LogP contribution in [0.25, 0.3) is 0 Å². The molecule has 1 aromatic rings. The van der Waals surface area contributed by atoms with E-state index in [4.69, 9.17) is 5.73 Å². The zero-order valence-corrected chi connectivity index (χ0v) is 14.0. The lowest BCUT2D eigenvalue weighted by Gasteiger charge is -2.19. The normalized spacial score (nSPS) is 24.8. The highest BCUT2D eigenvalue weighted by Gasteiger charge is 2.35. The summed E-state index contributed by atoms with van der Waals surface area (Å²) in [6.07, 6.45) is 10.1. The summed E-state index contributed by atoms with van der Waals surface area (Å²) in [4.78, 5) is 0. The van der Waals surface area contributed by atoms with E-state index in [-0.39, 0.29) is 12.6 Å². The van der Waals surface area contributed by atoms with E-state index in [1.165, 1.54) is 56.1 Å². The van der Waals surface area contributed by atoms with E-state index in [2.05, 4.69) is 36.5 Å². The average molecular weight is 304 g/mol. The molecule has 2 rings (SSSR count). The highest BCUT2D eigenvalue weighted by atomic mass is 16.3. The molecule has 2 atom stereocenters. The quantitative estimate of drug-likeness (QED) is 0.613. The van der Waals surface area contributed by atoms with Gasteiger partial charge in [0.25, 0.3) is 0 Å². The zero-order valence-electron chi connectivity index (χ0n) is 14.0. The van der Waals surface area contributed by atoms with Crippen molar-refractivity contribution in [2.45, 2.75) is 69.9 Å². The largest absolute Gasteiger partial charge is 0.394 e. The van der Waals surface area contributed by atoms with Crippen LogP contribution in [-0.2, 0) is 6.42 Å². The van der Waals surface area contributed by atoms with Gasteiger partial charge in [0.05, 0.1) is 12.1 Å². The highest BCUT2D eigenvalue weighted by Crippen LogP contribution is 2.28. The first kappa shape index (κ1) is 17.5. The van der Waals surface area contributed by atoms with Crippen LogP contribution in [0.1, 0.15) is 69.0 Å². The minimum absolute atomic E-state index is 0.0482. The first-order chi connectivity index (χ1) is 10.7. The Morgan fingerprint density at radius 1 is 1.14 bits per heavy atom. The van der Waals surface area contributed by atoms with Gasteiger partial charge in [-0.05, 0) is 30.4 Å². The Kier molecular flexibility index (Phi) is 6.87. The Labute approximate surface area is 135 Å². The summed E-state index contributed by atoms with van der Waals surface area (Å²) >= 11 is 0. The second-order valence-corrected chi connectivity index (χ2v) is 6.92. The van der Waals surface area contributed by atoms with Crippen LogP contribution in [0.2, 0.25) is 0 Å². The van der Waals surface area contributed by atoms with Crippen LogP contribution in [-0.4, -0.2) is 23.8 Å². The smallest absolute Gasteiger partial charge is 0.0624 e. The van der Waals surface area contributed by atoms with E-state index in [9.17, 15) is 5.11 Å². The van der Waals surface area contributed by atoms with Gasteiger partial charge in [-0.1, -0.05) is 63.3 Å². The molecule has 1 fully saturated rings. The molecule has 0 saturated carbocycles. The predicted molar refractivity (Wildman–Crippen MR) is 92.9 cm³/mol. The molecule has 1 aliphatic heterocycles. The van der Waals surface area contributed by atoms with Crippen LogP contribution in [0.4, 0.5) is 0 Å². The third kappa shape index (κ3) is 5.08. The number of hydrogen-bond donors (Lipinski definition) is 3. The van der Waals surface area contributed by atoms with Crippen molar-refractivity contribution in [1.29, 1.82) is 0 Å². The Morgan fingerprint density at radius 3 is 2.45 bits per heavy atom. The van der Waals surface area contributed by atoms with Crippen molar-refractivity contribution in [2.24, 2.45) is 5.73 Å². The molecular formula is C19H32N2O. The minimum atomic E-state index is -0.457. The molecule has 1 aliphatic rings. The highest BCUT2D eigenvalue weighted by molar-refractivity contribution is 5.27. The van der Waals surface area contributed by atoms with Crippen LogP contribution in [0, 0.1) is 0 Å². The second-order valence-electron chi connectivity index (χ2n) is 6.92. The lowest BCUT2D eigenvalue weighted by atomic mass is 9.94. The van der Waals surface area contributed by atoms with Gasteiger partial charge in [-0.25, -0.2) is 0 Å². The summed E-state index contributed by atoms with van der Waals surface area (Å²) < 4.78 is 0. The summed E-state index contributed by atoms with van der Waals surface area (Å²) in [6.45, 7) is 3.00. The number of aliphatic hydroxyl groups is 1. The summed E-state index contributed by atoms with van der Waals surface area (Å²) in [5.74, 6) is 0. The van der Waals surface area contributed by atoms with E-state index in [1.807, 2.05) is 0 Å². The zero-order chi connectivity index (χ0) is 15.8. The fourth-order valence-corrected chi connectivity index (χ4v) is 3.26. The van der Waals surface area contributed by atoms with Crippen LogP contribution in [0.15, 0.2) is 24.3 Å². The monoisotopic (exact) mass is 304 g/mol. The minimum Gasteiger partial charge on any atom is -0.394 e. The van der Waals surface area contributed by atoms with Gasteiger partial charge in [-0.2, -0.15) is 0 Å². The number of aliphatic hydroxyl groups excluding tert-OH is 1. The van der Waals surface area contributed by atoms with Crippen LogP contribution >= 0.6 is 0 Å². The van der Waals surface area contributed by atoms with Crippen LogP contribution in [0.3, 0.4) is 0 Å². The number of nitrogens with one attached hydrogen (secondary N) is 1. The number of aryl methyl sites for hydroxylation is 1. The molecule has 1 heterocycles. The maximum Gasteiger partial charge on any atom is 0.0624 e. The molecular weight excluding hydrogens is 272 g/mol. The molecule has 0 aromatic heterocycles. The molecule has 1 aromatic carbocycles. The molecule has 3 nitrogen and oxygen atoms in total. The van der Waals surface area contributed by atoms with Gasteiger partial charge in [-0.15, -0.1) is 0 Å². The first-order valence-electron chi connectivity index (χ1n) is 8.89. The number of benzene rings is 1. The molecule has 0 spiro atoms. The predicted octanol–water partition coefficient (Wildman–Crippen LogP) is 3.31. The van der Waals surface area contributed by atoms with Crippen LogP contribution < -0.4 is 11.1 Å². The molecule has 0 amide bonds. The number of unbranched alkanes of at least 4 members (excludes halogenated alkanes) is 5. The summed E-state index contributed by atoms with van der Waals surface area (Å²) in [6, 6.07) is 9.21. The van der Waals surface area contributed by atoms with E-state index in [0.29, 0.717) is 6.54 Å². The van der Waals surface area contributed by atoms with E-state index < -0.39 is 5.54 Å². The Morgan fingerprint density at radius 2 is 1.82 bits per heavy atom. The second kappa shape index (κ2) is 8.66. The van der Waals surface area contributed by atoms with Gasteiger partial charge in [0, 0.05) is 12.6 Å². The molecule has 0 radical (unpaired) electrons. The molecule has 4 N–H and O–H groups in total. The van der Waals surface area contributed by atoms with Crippen molar-refractivity contribution in [3.8, 4) is 0 Å². The third-order valence-electron chi connectivity index (χ3n) is 4.83. The van der Waals surface area contributed by atoms with Gasteiger partial charge < -0.3 is 16.2 Å². The molecule has 22 heavy (non-hydrogen) atoms. The Hall–Kier alpha value is -0.900. The topological polar surface area (TPSA) is 58.3 Å². The van der Waals surface area contributed by atoms with Crippen molar-refractivity contribution in [3.63, 3.8) is 0 Å². The maximum absolute atomic E-state index is 9.34. The van der Waals surface area contributed by atoms with Gasteiger partial charge in [-0.3, -0.25) is 0 Å². The van der Waals surface area contributed by atoms with Crippen molar-refractivity contribution in [3.05, 3.63) is 35.4 Å². The molecule has 2 unspecified atom stereocenters.